The lowest BCUT2D eigenvalue weighted by Gasteiger charge is -2.34. The van der Waals surface area contributed by atoms with Crippen molar-refractivity contribution in [1.82, 2.24) is 4.90 Å². The van der Waals surface area contributed by atoms with Crippen molar-refractivity contribution in [2.45, 2.75) is 32.1 Å². The summed E-state index contributed by atoms with van der Waals surface area (Å²) in [7, 11) is 0. The summed E-state index contributed by atoms with van der Waals surface area (Å²) in [5.41, 5.74) is 0.889. The van der Waals surface area contributed by atoms with Gasteiger partial charge >= 0.3 is 0 Å². The lowest BCUT2D eigenvalue weighted by Crippen LogP contribution is -2.41. The molecule has 0 saturated carbocycles. The Hall–Kier alpha value is -1.02. The zero-order chi connectivity index (χ0) is 13.8. The highest BCUT2D eigenvalue weighted by molar-refractivity contribution is 6.30. The van der Waals surface area contributed by atoms with Crippen molar-refractivity contribution in [3.8, 4) is 0 Å². The van der Waals surface area contributed by atoms with E-state index in [0.717, 1.165) is 37.4 Å². The number of amides is 1. The Balaban J connectivity index is 1.94. The monoisotopic (exact) mass is 279 g/mol. The molecular formula is C16H22ClNO. The summed E-state index contributed by atoms with van der Waals surface area (Å²) in [6.45, 7) is 6.21. The molecule has 1 saturated heterocycles. The van der Waals surface area contributed by atoms with Gasteiger partial charge in [-0.05, 0) is 30.2 Å². The molecule has 2 nitrogen and oxygen atoms in total. The maximum absolute atomic E-state index is 12.4. The molecule has 1 aliphatic heterocycles. The summed E-state index contributed by atoms with van der Waals surface area (Å²) in [5, 5.41) is -0.545. The van der Waals surface area contributed by atoms with Gasteiger partial charge in [0.25, 0.3) is 0 Å². The molecule has 0 radical (unpaired) electrons. The minimum Gasteiger partial charge on any atom is -0.341 e. The molecule has 1 fully saturated rings. The van der Waals surface area contributed by atoms with Gasteiger partial charge in [0.1, 0.15) is 5.38 Å². The number of halogens is 1. The second kappa shape index (κ2) is 6.42. The van der Waals surface area contributed by atoms with Gasteiger partial charge in [0, 0.05) is 13.1 Å². The van der Waals surface area contributed by atoms with Gasteiger partial charge in [-0.25, -0.2) is 0 Å². The van der Waals surface area contributed by atoms with Crippen LogP contribution in [0.3, 0.4) is 0 Å². The standard InChI is InChI=1S/C16H22ClNO/c1-12(2)13-8-10-18(11-9-13)16(19)15(17)14-6-4-3-5-7-14/h3-7,12-13,15H,8-11H2,1-2H3. The number of piperidine rings is 1. The molecule has 1 aromatic carbocycles. The average Bonchev–Trinajstić information content (AvgIpc) is 2.46. The first-order valence-electron chi connectivity index (χ1n) is 7.07. The summed E-state index contributed by atoms with van der Waals surface area (Å²) in [6.07, 6.45) is 2.20. The maximum atomic E-state index is 12.4. The topological polar surface area (TPSA) is 20.3 Å². The van der Waals surface area contributed by atoms with Crippen LogP contribution in [0.5, 0.6) is 0 Å². The number of likely N-dealkylation sites (tertiary alicyclic amines) is 1. The van der Waals surface area contributed by atoms with E-state index in [2.05, 4.69) is 13.8 Å². The van der Waals surface area contributed by atoms with E-state index in [0.29, 0.717) is 5.92 Å². The molecule has 1 aromatic rings. The minimum absolute atomic E-state index is 0.0510. The first kappa shape index (κ1) is 14.4. The molecule has 0 aromatic heterocycles. The summed E-state index contributed by atoms with van der Waals surface area (Å²) in [5.74, 6) is 1.50. The third kappa shape index (κ3) is 3.50. The normalized spacial score (nSPS) is 18.6. The second-order valence-electron chi connectivity index (χ2n) is 5.68. The quantitative estimate of drug-likeness (QED) is 0.770. The van der Waals surface area contributed by atoms with Crippen molar-refractivity contribution in [2.24, 2.45) is 11.8 Å². The van der Waals surface area contributed by atoms with E-state index < -0.39 is 5.38 Å². The van der Waals surface area contributed by atoms with Gasteiger partial charge in [0.2, 0.25) is 5.91 Å². The summed E-state index contributed by atoms with van der Waals surface area (Å²) in [4.78, 5) is 14.3. The van der Waals surface area contributed by atoms with E-state index in [1.165, 1.54) is 0 Å². The van der Waals surface area contributed by atoms with Gasteiger partial charge in [0.05, 0.1) is 0 Å². The summed E-state index contributed by atoms with van der Waals surface area (Å²) in [6, 6.07) is 9.60. The van der Waals surface area contributed by atoms with Crippen molar-refractivity contribution in [1.29, 1.82) is 0 Å². The van der Waals surface area contributed by atoms with Crippen molar-refractivity contribution in [2.75, 3.05) is 13.1 Å². The van der Waals surface area contributed by atoms with Crippen LogP contribution >= 0.6 is 11.6 Å². The van der Waals surface area contributed by atoms with Crippen LogP contribution in [0.15, 0.2) is 30.3 Å². The van der Waals surface area contributed by atoms with Gasteiger partial charge in [-0.1, -0.05) is 44.2 Å². The smallest absolute Gasteiger partial charge is 0.245 e. The molecule has 1 aliphatic rings. The highest BCUT2D eigenvalue weighted by Crippen LogP contribution is 2.28. The predicted molar refractivity (Wildman–Crippen MR) is 79.2 cm³/mol. The van der Waals surface area contributed by atoms with E-state index >= 15 is 0 Å². The van der Waals surface area contributed by atoms with E-state index in [-0.39, 0.29) is 5.91 Å². The van der Waals surface area contributed by atoms with Crippen molar-refractivity contribution in [3.63, 3.8) is 0 Å². The Bertz CT molecular complexity index is 410. The molecule has 0 aliphatic carbocycles. The Morgan fingerprint density at radius 1 is 1.21 bits per heavy atom. The van der Waals surface area contributed by atoms with Crippen molar-refractivity contribution < 1.29 is 4.79 Å². The molecule has 3 heteroatoms. The summed E-state index contributed by atoms with van der Waals surface area (Å²) >= 11 is 6.30. The average molecular weight is 280 g/mol. The lowest BCUT2D eigenvalue weighted by molar-refractivity contribution is -0.132. The lowest BCUT2D eigenvalue weighted by atomic mass is 9.86. The van der Waals surface area contributed by atoms with Gasteiger partial charge in [-0.15, -0.1) is 11.6 Å². The number of benzene rings is 1. The zero-order valence-electron chi connectivity index (χ0n) is 11.7. The van der Waals surface area contributed by atoms with Gasteiger partial charge < -0.3 is 4.90 Å². The summed E-state index contributed by atoms with van der Waals surface area (Å²) < 4.78 is 0. The third-order valence-corrected chi connectivity index (χ3v) is 4.54. The van der Waals surface area contributed by atoms with Crippen LogP contribution in [-0.4, -0.2) is 23.9 Å². The highest BCUT2D eigenvalue weighted by atomic mass is 35.5. The van der Waals surface area contributed by atoms with Crippen LogP contribution in [0.4, 0.5) is 0 Å². The van der Waals surface area contributed by atoms with Gasteiger partial charge in [-0.3, -0.25) is 4.79 Å². The van der Waals surface area contributed by atoms with E-state index in [4.69, 9.17) is 11.6 Å². The first-order valence-corrected chi connectivity index (χ1v) is 7.51. The molecule has 104 valence electrons. The number of carbonyl (C=O) groups is 1. The number of rotatable bonds is 3. The fraction of sp³-hybridized carbons (Fsp3) is 0.562. The fourth-order valence-corrected chi connectivity index (χ4v) is 2.99. The Morgan fingerprint density at radius 3 is 2.32 bits per heavy atom. The second-order valence-corrected chi connectivity index (χ2v) is 6.12. The fourth-order valence-electron chi connectivity index (χ4n) is 2.71. The van der Waals surface area contributed by atoms with E-state index in [1.54, 1.807) is 0 Å². The molecule has 0 bridgehead atoms. The van der Waals surface area contributed by atoms with Crippen LogP contribution in [0, 0.1) is 11.8 Å². The molecule has 1 atom stereocenters. The van der Waals surface area contributed by atoms with Crippen molar-refractivity contribution >= 4 is 17.5 Å². The van der Waals surface area contributed by atoms with Crippen LogP contribution in [0.1, 0.15) is 37.6 Å². The van der Waals surface area contributed by atoms with E-state index in [9.17, 15) is 4.79 Å². The number of nitrogens with zero attached hydrogens (tertiary/aromatic N) is 1. The molecule has 1 unspecified atom stereocenters. The largest absolute Gasteiger partial charge is 0.341 e. The van der Waals surface area contributed by atoms with Crippen LogP contribution in [-0.2, 0) is 4.79 Å². The van der Waals surface area contributed by atoms with Crippen molar-refractivity contribution in [3.05, 3.63) is 35.9 Å². The molecule has 1 amide bonds. The third-order valence-electron chi connectivity index (χ3n) is 4.10. The van der Waals surface area contributed by atoms with Crippen LogP contribution in [0.25, 0.3) is 0 Å². The Kier molecular flexibility index (Phi) is 4.87. The SMILES string of the molecule is CC(C)C1CCN(C(=O)C(Cl)c2ccccc2)CC1. The molecule has 0 spiro atoms. The number of hydrogen-bond acceptors (Lipinski definition) is 1. The number of alkyl halides is 1. The maximum Gasteiger partial charge on any atom is 0.245 e. The predicted octanol–water partition coefficient (Wildman–Crippen LogP) is 3.86. The molecule has 2 rings (SSSR count). The Labute approximate surface area is 120 Å². The molecule has 19 heavy (non-hydrogen) atoms. The first-order chi connectivity index (χ1) is 9.09. The highest BCUT2D eigenvalue weighted by Gasteiger charge is 2.28. The van der Waals surface area contributed by atoms with Gasteiger partial charge in [-0.2, -0.15) is 0 Å². The molecule has 1 heterocycles. The number of carbonyl (C=O) groups excluding carboxylic acids is 1. The Morgan fingerprint density at radius 2 is 1.79 bits per heavy atom. The zero-order valence-corrected chi connectivity index (χ0v) is 12.4. The number of hydrogen-bond donors (Lipinski definition) is 0. The van der Waals surface area contributed by atoms with Crippen LogP contribution < -0.4 is 0 Å². The van der Waals surface area contributed by atoms with Gasteiger partial charge in [0.15, 0.2) is 0 Å². The minimum atomic E-state index is -0.545. The molecular weight excluding hydrogens is 258 g/mol. The van der Waals surface area contributed by atoms with E-state index in [1.807, 2.05) is 35.2 Å². The molecule has 0 N–H and O–H groups in total. The van der Waals surface area contributed by atoms with Crippen LogP contribution in [0.2, 0.25) is 0 Å².